The predicted molar refractivity (Wildman–Crippen MR) is 78.3 cm³/mol. The van der Waals surface area contributed by atoms with Crippen LogP contribution in [0.1, 0.15) is 6.42 Å². The first-order valence-electron chi connectivity index (χ1n) is 6.76. The molecule has 0 unspecified atom stereocenters. The summed E-state index contributed by atoms with van der Waals surface area (Å²) in [4.78, 5) is 26.1. The van der Waals surface area contributed by atoms with Gasteiger partial charge < -0.3 is 10.1 Å². The van der Waals surface area contributed by atoms with Crippen molar-refractivity contribution in [3.05, 3.63) is 58.9 Å². The average Bonchev–Trinajstić information content (AvgIpc) is 3.31. The Morgan fingerprint density at radius 2 is 2.09 bits per heavy atom. The lowest BCUT2D eigenvalue weighted by molar-refractivity contribution is -0.497. The van der Waals surface area contributed by atoms with Crippen LogP contribution >= 0.6 is 0 Å². The van der Waals surface area contributed by atoms with E-state index in [1.165, 1.54) is 6.20 Å². The molecule has 2 atom stereocenters. The van der Waals surface area contributed by atoms with Crippen LogP contribution in [-0.4, -0.2) is 21.9 Å². The number of benzene rings is 1. The number of hydrogen-bond donors (Lipinski definition) is 1. The number of hydrogen-bond acceptors (Lipinski definition) is 5. The first-order chi connectivity index (χ1) is 10.6. The van der Waals surface area contributed by atoms with E-state index in [1.807, 2.05) is 18.2 Å². The van der Waals surface area contributed by atoms with Gasteiger partial charge in [-0.3, -0.25) is 19.9 Å². The molecular formula is C15H13N3O4. The van der Waals surface area contributed by atoms with Gasteiger partial charge >= 0.3 is 0 Å². The van der Waals surface area contributed by atoms with E-state index in [9.17, 15) is 14.9 Å². The molecule has 1 N–H and O–H groups in total. The first kappa shape index (κ1) is 14.0. The zero-order chi connectivity index (χ0) is 15.5. The molecule has 0 spiro atoms. The van der Waals surface area contributed by atoms with Crippen molar-refractivity contribution < 1.29 is 14.5 Å². The van der Waals surface area contributed by atoms with Crippen molar-refractivity contribution in [2.45, 2.75) is 12.5 Å². The van der Waals surface area contributed by atoms with E-state index in [2.05, 4.69) is 10.3 Å². The van der Waals surface area contributed by atoms with Gasteiger partial charge in [0.05, 0.1) is 6.20 Å². The third-order valence-electron chi connectivity index (χ3n) is 3.37. The van der Waals surface area contributed by atoms with E-state index in [1.54, 1.807) is 24.4 Å². The number of nitro groups is 1. The van der Waals surface area contributed by atoms with Gasteiger partial charge in [0.25, 0.3) is 0 Å². The summed E-state index contributed by atoms with van der Waals surface area (Å²) in [6.07, 6.45) is 3.28. The highest BCUT2D eigenvalue weighted by Crippen LogP contribution is 2.35. The summed E-state index contributed by atoms with van der Waals surface area (Å²) in [5.41, 5.74) is 0.394. The molecule has 1 fully saturated rings. The van der Waals surface area contributed by atoms with Gasteiger partial charge in [0.2, 0.25) is 11.9 Å². The normalized spacial score (nSPS) is 19.3. The monoisotopic (exact) mass is 299 g/mol. The van der Waals surface area contributed by atoms with Crippen LogP contribution in [0.4, 0.5) is 5.69 Å². The minimum atomic E-state index is -0.782. The van der Waals surface area contributed by atoms with Crippen LogP contribution in [0, 0.1) is 16.0 Å². The van der Waals surface area contributed by atoms with Crippen molar-refractivity contribution in [3.63, 3.8) is 0 Å². The van der Waals surface area contributed by atoms with Crippen molar-refractivity contribution >= 4 is 11.6 Å². The number of ether oxygens (including phenoxy) is 1. The Kier molecular flexibility index (Phi) is 3.69. The third kappa shape index (κ3) is 3.03. The van der Waals surface area contributed by atoms with E-state index in [4.69, 9.17) is 4.74 Å². The van der Waals surface area contributed by atoms with Gasteiger partial charge in [-0.2, -0.15) is 0 Å². The average molecular weight is 299 g/mol. The number of pyridine rings is 1. The number of nitrogens with zero attached hydrogens (tertiary/aromatic N) is 2. The highest BCUT2D eigenvalue weighted by atomic mass is 16.6. The Morgan fingerprint density at radius 3 is 2.77 bits per heavy atom. The Hall–Kier alpha value is -2.96. The van der Waals surface area contributed by atoms with E-state index in [0.717, 1.165) is 0 Å². The number of carbonyl (C=O) groups excluding carboxylic acids is 1. The summed E-state index contributed by atoms with van der Waals surface area (Å²) in [5, 5.41) is 13.3. The molecule has 7 nitrogen and oxygen atoms in total. The van der Waals surface area contributed by atoms with Gasteiger partial charge in [0.1, 0.15) is 17.4 Å². The SMILES string of the molecule is O=C(Nc1cnccc1Oc1ccccc1)[C@H]1C[C@H]1[N+](=O)[O-]. The van der Waals surface area contributed by atoms with Crippen LogP contribution in [-0.2, 0) is 4.79 Å². The lowest BCUT2D eigenvalue weighted by Gasteiger charge is -2.11. The minimum Gasteiger partial charge on any atom is -0.455 e. The Labute approximate surface area is 126 Å². The second-order valence-electron chi connectivity index (χ2n) is 4.97. The highest BCUT2D eigenvalue weighted by Gasteiger charge is 2.53. The maximum absolute atomic E-state index is 12.0. The smallest absolute Gasteiger partial charge is 0.234 e. The largest absolute Gasteiger partial charge is 0.455 e. The van der Waals surface area contributed by atoms with Crippen molar-refractivity contribution in [1.29, 1.82) is 0 Å². The molecule has 22 heavy (non-hydrogen) atoms. The second kappa shape index (κ2) is 5.80. The van der Waals surface area contributed by atoms with Gasteiger partial charge in [0.15, 0.2) is 5.75 Å². The van der Waals surface area contributed by atoms with E-state index < -0.39 is 16.9 Å². The van der Waals surface area contributed by atoms with Gasteiger partial charge in [-0.05, 0) is 12.1 Å². The molecule has 1 aliphatic carbocycles. The number of amides is 1. The summed E-state index contributed by atoms with van der Waals surface area (Å²) < 4.78 is 5.70. The van der Waals surface area contributed by atoms with E-state index in [-0.39, 0.29) is 12.3 Å². The number of aromatic nitrogens is 1. The Bertz CT molecular complexity index is 705. The Balaban J connectivity index is 1.72. The van der Waals surface area contributed by atoms with Crippen LogP contribution < -0.4 is 10.1 Å². The van der Waals surface area contributed by atoms with Crippen molar-refractivity contribution in [1.82, 2.24) is 4.98 Å². The molecule has 0 saturated heterocycles. The number of carbonyl (C=O) groups is 1. The fraction of sp³-hybridized carbons (Fsp3) is 0.200. The number of nitrogens with one attached hydrogen (secondary N) is 1. The number of anilines is 1. The van der Waals surface area contributed by atoms with Crippen LogP contribution in [0.15, 0.2) is 48.8 Å². The van der Waals surface area contributed by atoms with Crippen LogP contribution in [0.2, 0.25) is 0 Å². The van der Waals surface area contributed by atoms with Gasteiger partial charge in [0, 0.05) is 23.6 Å². The molecule has 1 heterocycles. The number of para-hydroxylation sites is 1. The van der Waals surface area contributed by atoms with Gasteiger partial charge in [-0.15, -0.1) is 0 Å². The van der Waals surface area contributed by atoms with Crippen molar-refractivity contribution in [2.24, 2.45) is 5.92 Å². The molecule has 2 aromatic rings. The van der Waals surface area contributed by atoms with Crippen LogP contribution in [0.5, 0.6) is 11.5 Å². The molecule has 0 radical (unpaired) electrons. The van der Waals surface area contributed by atoms with Crippen LogP contribution in [0.25, 0.3) is 0 Å². The molecule has 0 aliphatic heterocycles. The number of rotatable bonds is 5. The van der Waals surface area contributed by atoms with Crippen LogP contribution in [0.3, 0.4) is 0 Å². The zero-order valence-electron chi connectivity index (χ0n) is 11.5. The predicted octanol–water partition coefficient (Wildman–Crippen LogP) is 2.48. The molecule has 3 rings (SSSR count). The van der Waals surface area contributed by atoms with Gasteiger partial charge in [-0.25, -0.2) is 0 Å². The minimum absolute atomic E-state index is 0.272. The molecule has 1 saturated carbocycles. The van der Waals surface area contributed by atoms with Gasteiger partial charge in [-0.1, -0.05) is 18.2 Å². The fourth-order valence-electron chi connectivity index (χ4n) is 2.10. The fourth-order valence-corrected chi connectivity index (χ4v) is 2.10. The third-order valence-corrected chi connectivity index (χ3v) is 3.37. The summed E-state index contributed by atoms with van der Waals surface area (Å²) in [6, 6.07) is 9.95. The first-order valence-corrected chi connectivity index (χ1v) is 6.76. The molecule has 1 amide bonds. The van der Waals surface area contributed by atoms with E-state index >= 15 is 0 Å². The van der Waals surface area contributed by atoms with Crippen molar-refractivity contribution in [3.8, 4) is 11.5 Å². The second-order valence-corrected chi connectivity index (χ2v) is 4.97. The molecule has 1 aromatic heterocycles. The molecule has 0 bridgehead atoms. The summed E-state index contributed by atoms with van der Waals surface area (Å²) in [7, 11) is 0. The van der Waals surface area contributed by atoms with Crippen molar-refractivity contribution in [2.75, 3.05) is 5.32 Å². The molecule has 112 valence electrons. The summed E-state index contributed by atoms with van der Waals surface area (Å²) >= 11 is 0. The Morgan fingerprint density at radius 1 is 1.32 bits per heavy atom. The molecule has 1 aliphatic rings. The highest BCUT2D eigenvalue weighted by molar-refractivity contribution is 5.95. The quantitative estimate of drug-likeness (QED) is 0.676. The maximum atomic E-state index is 12.0. The lowest BCUT2D eigenvalue weighted by Crippen LogP contribution is -2.18. The summed E-state index contributed by atoms with van der Waals surface area (Å²) in [6.45, 7) is 0. The summed E-state index contributed by atoms with van der Waals surface area (Å²) in [5.74, 6) is 0.0963. The lowest BCUT2D eigenvalue weighted by atomic mass is 10.3. The molecule has 7 heteroatoms. The zero-order valence-corrected chi connectivity index (χ0v) is 11.5. The standard InChI is InChI=1S/C15H13N3O4/c19-15(11-8-13(11)18(20)21)17-12-9-16-7-6-14(12)22-10-4-2-1-3-5-10/h1-7,9,11,13H,8H2,(H,17,19)/t11-,13+/m0/s1. The molecular weight excluding hydrogens is 286 g/mol. The molecule has 1 aromatic carbocycles. The van der Waals surface area contributed by atoms with E-state index in [0.29, 0.717) is 17.2 Å². The maximum Gasteiger partial charge on any atom is 0.234 e. The topological polar surface area (TPSA) is 94.4 Å².